The molecule has 19 heavy (non-hydrogen) atoms. The molecule has 0 saturated carbocycles. The average molecular weight is 565 g/mol. The van der Waals surface area contributed by atoms with Gasteiger partial charge in [0.1, 0.15) is 0 Å². The molecule has 0 aromatic heterocycles. The van der Waals surface area contributed by atoms with Gasteiger partial charge in [-0.05, 0) is 33.2 Å². The van der Waals surface area contributed by atoms with Gasteiger partial charge in [0.15, 0.2) is 0 Å². The third-order valence-electron chi connectivity index (χ3n) is 0.597. The summed E-state index contributed by atoms with van der Waals surface area (Å²) < 4.78 is 0. The molecule has 0 heterocycles. The van der Waals surface area contributed by atoms with Gasteiger partial charge in [-0.25, -0.2) is 0 Å². The molecule has 0 aliphatic rings. The predicted molar refractivity (Wildman–Crippen MR) is 75.0 cm³/mol. The van der Waals surface area contributed by atoms with Gasteiger partial charge < -0.3 is 29.7 Å². The quantitative estimate of drug-likeness (QED) is 0.387. The van der Waals surface area contributed by atoms with E-state index in [9.17, 15) is 29.7 Å². The molecule has 102 valence electrons. The molecular formula is C9H6Br3InO6. The molecule has 6 nitrogen and oxygen atoms in total. The fraction of sp³-hybridized carbons (Fsp3) is 0. The van der Waals surface area contributed by atoms with Gasteiger partial charge in [-0.1, -0.05) is 47.8 Å². The molecule has 0 aromatic rings. The first-order chi connectivity index (χ1) is 8.31. The van der Waals surface area contributed by atoms with Crippen LogP contribution in [0.4, 0.5) is 0 Å². The zero-order valence-electron chi connectivity index (χ0n) is 9.12. The van der Waals surface area contributed by atoms with E-state index in [1.54, 1.807) is 0 Å². The Morgan fingerprint density at radius 2 is 0.789 bits per heavy atom. The first-order valence-corrected chi connectivity index (χ1v) is 6.49. The van der Waals surface area contributed by atoms with Crippen LogP contribution in [-0.4, -0.2) is 43.8 Å². The Morgan fingerprint density at radius 3 is 0.789 bits per heavy atom. The van der Waals surface area contributed by atoms with E-state index in [0.717, 1.165) is 18.2 Å². The Labute approximate surface area is 153 Å². The maximum absolute atomic E-state index is 9.37. The van der Waals surface area contributed by atoms with Crippen LogP contribution >= 0.6 is 47.8 Å². The summed E-state index contributed by atoms with van der Waals surface area (Å²) in [6, 6.07) is 0. The molecule has 0 fully saturated rings. The summed E-state index contributed by atoms with van der Waals surface area (Å²) in [6.07, 6.45) is 2.67. The Morgan fingerprint density at radius 1 is 0.632 bits per heavy atom. The van der Waals surface area contributed by atoms with Crippen LogP contribution in [0.15, 0.2) is 33.2 Å². The number of hydrogen-bond donors (Lipinski definition) is 0. The van der Waals surface area contributed by atoms with E-state index < -0.39 is 17.9 Å². The maximum Gasteiger partial charge on any atom is 3.00 e. The second-order valence-electron chi connectivity index (χ2n) is 1.84. The number of carboxylic acids is 3. The molecular weight excluding hydrogens is 559 g/mol. The minimum absolute atomic E-state index is 0. The Kier molecular flexibility index (Phi) is 33.2. The van der Waals surface area contributed by atoms with E-state index in [2.05, 4.69) is 47.8 Å². The van der Waals surface area contributed by atoms with Crippen molar-refractivity contribution in [3.05, 3.63) is 33.2 Å². The maximum atomic E-state index is 9.37. The second-order valence-corrected chi connectivity index (χ2v) is 3.42. The monoisotopic (exact) mass is 562 g/mol. The number of carbonyl (C=O) groups is 3. The summed E-state index contributed by atoms with van der Waals surface area (Å²) in [5, 5.41) is 28.1. The first-order valence-electron chi connectivity index (χ1n) is 3.75. The number of carboxylic acid groups (broad SMARTS) is 3. The summed E-state index contributed by atoms with van der Waals surface area (Å²) in [7, 11) is 0. The van der Waals surface area contributed by atoms with E-state index in [0.29, 0.717) is 0 Å². The molecule has 0 rings (SSSR count). The van der Waals surface area contributed by atoms with Crippen molar-refractivity contribution in [2.75, 3.05) is 0 Å². The van der Waals surface area contributed by atoms with Crippen molar-refractivity contribution in [2.45, 2.75) is 0 Å². The molecule has 0 N–H and O–H groups in total. The van der Waals surface area contributed by atoms with Crippen LogP contribution in [0.2, 0.25) is 0 Å². The SMILES string of the molecule is O=C([O-])/C=C/Br.O=C([O-])/C=C/Br.O=C([O-])/C=C/Br.[In+3]. The fourth-order valence-electron chi connectivity index (χ4n) is 0.154. The van der Waals surface area contributed by atoms with Gasteiger partial charge in [0.25, 0.3) is 0 Å². The van der Waals surface area contributed by atoms with Gasteiger partial charge in [0, 0.05) is 0 Å². The van der Waals surface area contributed by atoms with Crippen molar-refractivity contribution in [1.29, 1.82) is 0 Å². The minimum atomic E-state index is -1.19. The van der Waals surface area contributed by atoms with Gasteiger partial charge in [0.2, 0.25) is 0 Å². The van der Waals surface area contributed by atoms with Crippen LogP contribution in [0.5, 0.6) is 0 Å². The topological polar surface area (TPSA) is 120 Å². The smallest absolute Gasteiger partial charge is 0.545 e. The Bertz CT molecular complexity index is 289. The molecule has 0 amide bonds. The van der Waals surface area contributed by atoms with E-state index in [4.69, 9.17) is 0 Å². The van der Waals surface area contributed by atoms with Gasteiger partial charge in [-0.3, -0.25) is 0 Å². The standard InChI is InChI=1S/3C3H3BrO2.In/c3*4-2-1-3(5)6;/h3*1-2H,(H,5,6);/q;;;+3/p-3/b3*2-1+;. The molecule has 0 spiro atoms. The fourth-order valence-corrected chi connectivity index (χ4v) is 0.802. The molecule has 0 atom stereocenters. The predicted octanol–water partition coefficient (Wildman–Crippen LogP) is -1.45. The second kappa shape index (κ2) is 23.1. The molecule has 0 unspecified atom stereocenters. The average Bonchev–Trinajstić information content (AvgIpc) is 2.18. The van der Waals surface area contributed by atoms with Crippen molar-refractivity contribution in [1.82, 2.24) is 0 Å². The van der Waals surface area contributed by atoms with Crippen molar-refractivity contribution in [3.8, 4) is 0 Å². The Hall–Kier alpha value is -0.0599. The van der Waals surface area contributed by atoms with Crippen LogP contribution in [0.3, 0.4) is 0 Å². The zero-order valence-corrected chi connectivity index (χ0v) is 17.2. The van der Waals surface area contributed by atoms with Crippen LogP contribution in [0.1, 0.15) is 0 Å². The number of rotatable bonds is 3. The van der Waals surface area contributed by atoms with Crippen LogP contribution in [0.25, 0.3) is 0 Å². The molecule has 0 saturated heterocycles. The van der Waals surface area contributed by atoms with Crippen LogP contribution in [-0.2, 0) is 14.4 Å². The first kappa shape index (κ1) is 27.3. The van der Waals surface area contributed by atoms with Gasteiger partial charge in [-0.15, -0.1) is 0 Å². The summed E-state index contributed by atoms with van der Waals surface area (Å²) in [6.45, 7) is 0. The summed E-state index contributed by atoms with van der Waals surface area (Å²) in [4.78, 5) is 31.8. The van der Waals surface area contributed by atoms with E-state index in [-0.39, 0.29) is 25.8 Å². The number of aliphatic carboxylic acids is 3. The molecule has 0 radical (unpaired) electrons. The summed E-state index contributed by atoms with van der Waals surface area (Å²) in [5.41, 5.74) is 0. The number of halogens is 3. The third-order valence-corrected chi connectivity index (χ3v) is 1.39. The molecule has 0 aliphatic heterocycles. The summed E-state index contributed by atoms with van der Waals surface area (Å²) >= 11 is 8.25. The Balaban J connectivity index is -0.0000000865. The van der Waals surface area contributed by atoms with Crippen molar-refractivity contribution < 1.29 is 29.7 Å². The third kappa shape index (κ3) is 57.0. The van der Waals surface area contributed by atoms with E-state index >= 15 is 0 Å². The number of carbonyl (C=O) groups excluding carboxylic acids is 3. The van der Waals surface area contributed by atoms with Gasteiger partial charge in [0.05, 0.1) is 17.9 Å². The van der Waals surface area contributed by atoms with E-state index in [1.165, 1.54) is 15.0 Å². The van der Waals surface area contributed by atoms with Crippen molar-refractivity contribution in [2.24, 2.45) is 0 Å². The van der Waals surface area contributed by atoms with Crippen LogP contribution < -0.4 is 15.3 Å². The van der Waals surface area contributed by atoms with Gasteiger partial charge >= 0.3 is 25.8 Å². The summed E-state index contributed by atoms with van der Waals surface area (Å²) in [5.74, 6) is -3.56. The zero-order chi connectivity index (χ0) is 15.0. The normalized spacial score (nSPS) is 9.00. The molecule has 0 bridgehead atoms. The molecule has 0 aliphatic carbocycles. The van der Waals surface area contributed by atoms with E-state index in [1.807, 2.05) is 0 Å². The minimum Gasteiger partial charge on any atom is -0.545 e. The largest absolute Gasteiger partial charge is 3.00 e. The van der Waals surface area contributed by atoms with Crippen molar-refractivity contribution in [3.63, 3.8) is 0 Å². The van der Waals surface area contributed by atoms with Gasteiger partial charge in [-0.2, -0.15) is 0 Å². The molecule has 10 heteroatoms. The number of hydrogen-bond acceptors (Lipinski definition) is 6. The molecule has 0 aromatic carbocycles. The van der Waals surface area contributed by atoms with Crippen LogP contribution in [0, 0.1) is 0 Å². The van der Waals surface area contributed by atoms with Crippen molar-refractivity contribution >= 4 is 91.5 Å².